The summed E-state index contributed by atoms with van der Waals surface area (Å²) in [6, 6.07) is 3.30. The Morgan fingerprint density at radius 1 is 1.18 bits per heavy atom. The molecule has 0 saturated heterocycles. The van der Waals surface area contributed by atoms with E-state index in [2.05, 4.69) is 5.43 Å². The van der Waals surface area contributed by atoms with E-state index >= 15 is 0 Å². The van der Waals surface area contributed by atoms with Crippen molar-refractivity contribution in [2.24, 2.45) is 23.6 Å². The topological polar surface area (TPSA) is 38.0 Å². The minimum atomic E-state index is -0.412. The maximum absolute atomic E-state index is 13.7. The highest BCUT2D eigenvalue weighted by Crippen LogP contribution is 2.57. The van der Waals surface area contributed by atoms with Crippen molar-refractivity contribution in [3.8, 4) is 0 Å². The zero-order valence-corrected chi connectivity index (χ0v) is 9.50. The van der Waals surface area contributed by atoms with E-state index in [1.165, 1.54) is 18.6 Å². The molecule has 3 rings (SSSR count). The van der Waals surface area contributed by atoms with Crippen LogP contribution >= 0.6 is 0 Å². The minimum absolute atomic E-state index is 0.265. The normalized spacial score (nSPS) is 32.3. The molecule has 1 aromatic carbocycles. The lowest BCUT2D eigenvalue weighted by atomic mass is 9.89. The van der Waals surface area contributed by atoms with E-state index in [-0.39, 0.29) is 11.9 Å². The van der Waals surface area contributed by atoms with Crippen LogP contribution in [0.3, 0.4) is 0 Å². The zero-order chi connectivity index (χ0) is 12.0. The number of halogens is 2. The summed E-state index contributed by atoms with van der Waals surface area (Å²) >= 11 is 0. The second-order valence-electron chi connectivity index (χ2n) is 5.30. The zero-order valence-electron chi connectivity index (χ0n) is 9.50. The summed E-state index contributed by atoms with van der Waals surface area (Å²) in [4.78, 5) is 0. The molecule has 17 heavy (non-hydrogen) atoms. The molecule has 0 spiro atoms. The standard InChI is InChI=1S/C13H16F2N2/c14-10-1-2-12(15)11(6-10)13(17-16)9-4-7-3-8(7)5-9/h1-2,6-9,13,17H,3-5,16H2. The molecule has 0 amide bonds. The van der Waals surface area contributed by atoms with Crippen LogP contribution in [0.2, 0.25) is 0 Å². The molecule has 4 heteroatoms. The third kappa shape index (κ3) is 1.96. The average molecular weight is 238 g/mol. The summed E-state index contributed by atoms with van der Waals surface area (Å²) in [6.07, 6.45) is 3.46. The summed E-state index contributed by atoms with van der Waals surface area (Å²) in [5.74, 6) is 6.66. The van der Waals surface area contributed by atoms with Crippen molar-refractivity contribution in [3.05, 3.63) is 35.4 Å². The van der Waals surface area contributed by atoms with Crippen LogP contribution < -0.4 is 11.3 Å². The Morgan fingerprint density at radius 2 is 1.88 bits per heavy atom. The molecule has 1 aromatic rings. The number of hydrazine groups is 1. The van der Waals surface area contributed by atoms with E-state index in [4.69, 9.17) is 5.84 Å². The van der Waals surface area contributed by atoms with Crippen molar-refractivity contribution in [3.63, 3.8) is 0 Å². The highest BCUT2D eigenvalue weighted by Gasteiger charge is 2.48. The van der Waals surface area contributed by atoms with E-state index in [9.17, 15) is 8.78 Å². The van der Waals surface area contributed by atoms with Crippen LogP contribution in [0.5, 0.6) is 0 Å². The Bertz CT molecular complexity index is 425. The van der Waals surface area contributed by atoms with Gasteiger partial charge in [-0.25, -0.2) is 8.78 Å². The second-order valence-corrected chi connectivity index (χ2v) is 5.30. The molecular weight excluding hydrogens is 222 g/mol. The quantitative estimate of drug-likeness (QED) is 0.627. The molecule has 2 fully saturated rings. The van der Waals surface area contributed by atoms with E-state index in [1.807, 2.05) is 0 Å². The minimum Gasteiger partial charge on any atom is -0.271 e. The van der Waals surface area contributed by atoms with Crippen LogP contribution in [0.15, 0.2) is 18.2 Å². The largest absolute Gasteiger partial charge is 0.271 e. The number of hydrogen-bond acceptors (Lipinski definition) is 2. The van der Waals surface area contributed by atoms with Crippen molar-refractivity contribution < 1.29 is 8.78 Å². The number of nitrogens with two attached hydrogens (primary N) is 1. The SMILES string of the molecule is NNC(c1cc(F)ccc1F)C1CC2CC2C1. The average Bonchev–Trinajstić information content (AvgIpc) is 2.92. The first kappa shape index (κ1) is 11.1. The van der Waals surface area contributed by atoms with Crippen molar-refractivity contribution in [2.75, 3.05) is 0 Å². The number of rotatable bonds is 3. The summed E-state index contributed by atoms with van der Waals surface area (Å²) in [7, 11) is 0. The van der Waals surface area contributed by atoms with Gasteiger partial charge in [0, 0.05) is 5.56 Å². The monoisotopic (exact) mass is 238 g/mol. The molecule has 0 aromatic heterocycles. The van der Waals surface area contributed by atoms with Crippen molar-refractivity contribution in [1.29, 1.82) is 0 Å². The number of fused-ring (bicyclic) bond motifs is 1. The molecular formula is C13H16F2N2. The van der Waals surface area contributed by atoms with Gasteiger partial charge in [0.05, 0.1) is 6.04 Å². The van der Waals surface area contributed by atoms with Crippen molar-refractivity contribution in [1.82, 2.24) is 5.43 Å². The molecule has 0 radical (unpaired) electrons. The molecule has 2 nitrogen and oxygen atoms in total. The van der Waals surface area contributed by atoms with Gasteiger partial charge in [-0.1, -0.05) is 0 Å². The Hall–Kier alpha value is -1.00. The van der Waals surface area contributed by atoms with Crippen LogP contribution in [-0.4, -0.2) is 0 Å². The molecule has 0 bridgehead atoms. The number of benzene rings is 1. The summed E-state index contributed by atoms with van der Waals surface area (Å²) in [5.41, 5.74) is 3.02. The first-order valence-electron chi connectivity index (χ1n) is 6.10. The first-order chi connectivity index (χ1) is 8.19. The Kier molecular flexibility index (Phi) is 2.64. The first-order valence-corrected chi connectivity index (χ1v) is 6.10. The molecule has 0 heterocycles. The third-order valence-corrected chi connectivity index (χ3v) is 4.22. The molecule has 3 unspecified atom stereocenters. The lowest BCUT2D eigenvalue weighted by molar-refractivity contribution is 0.335. The molecule has 2 aliphatic carbocycles. The fourth-order valence-corrected chi connectivity index (χ4v) is 3.27. The van der Waals surface area contributed by atoms with E-state index < -0.39 is 5.82 Å². The molecule has 3 N–H and O–H groups in total. The van der Waals surface area contributed by atoms with Crippen LogP contribution in [0.1, 0.15) is 30.9 Å². The molecule has 0 aliphatic heterocycles. The predicted octanol–water partition coefficient (Wildman–Crippen LogP) is 2.52. The molecule has 92 valence electrons. The lowest BCUT2D eigenvalue weighted by Gasteiger charge is -2.24. The van der Waals surface area contributed by atoms with Crippen LogP contribution in [0.4, 0.5) is 8.78 Å². The van der Waals surface area contributed by atoms with Gasteiger partial charge >= 0.3 is 0 Å². The maximum Gasteiger partial charge on any atom is 0.128 e. The van der Waals surface area contributed by atoms with Gasteiger partial charge in [0.15, 0.2) is 0 Å². The molecule has 2 aliphatic rings. The molecule has 2 saturated carbocycles. The second kappa shape index (κ2) is 4.03. The highest BCUT2D eigenvalue weighted by molar-refractivity contribution is 5.24. The van der Waals surface area contributed by atoms with Gasteiger partial charge in [-0.15, -0.1) is 0 Å². The van der Waals surface area contributed by atoms with Gasteiger partial charge in [0.2, 0.25) is 0 Å². The van der Waals surface area contributed by atoms with Gasteiger partial charge in [-0.3, -0.25) is 11.3 Å². The Morgan fingerprint density at radius 3 is 2.53 bits per heavy atom. The van der Waals surface area contributed by atoms with Gasteiger partial charge in [-0.2, -0.15) is 0 Å². The van der Waals surface area contributed by atoms with Gasteiger partial charge < -0.3 is 0 Å². The third-order valence-electron chi connectivity index (χ3n) is 4.22. The number of hydrogen-bond donors (Lipinski definition) is 2. The predicted molar refractivity (Wildman–Crippen MR) is 60.7 cm³/mol. The molecule has 3 atom stereocenters. The highest BCUT2D eigenvalue weighted by atomic mass is 19.1. The summed E-state index contributed by atoms with van der Waals surface area (Å²) in [5, 5.41) is 0. The van der Waals surface area contributed by atoms with Crippen LogP contribution in [0.25, 0.3) is 0 Å². The number of nitrogens with one attached hydrogen (secondary N) is 1. The summed E-state index contributed by atoms with van der Waals surface area (Å²) in [6.45, 7) is 0. The van der Waals surface area contributed by atoms with Gasteiger partial charge in [0.1, 0.15) is 11.6 Å². The lowest BCUT2D eigenvalue weighted by Crippen LogP contribution is -2.34. The fraction of sp³-hybridized carbons (Fsp3) is 0.538. The van der Waals surface area contributed by atoms with Crippen molar-refractivity contribution >= 4 is 0 Å². The smallest absolute Gasteiger partial charge is 0.128 e. The maximum atomic E-state index is 13.7. The van der Waals surface area contributed by atoms with Crippen LogP contribution in [-0.2, 0) is 0 Å². The summed E-state index contributed by atoms with van der Waals surface area (Å²) < 4.78 is 26.9. The van der Waals surface area contributed by atoms with E-state index in [0.717, 1.165) is 30.7 Å². The Balaban J connectivity index is 1.86. The van der Waals surface area contributed by atoms with Gasteiger partial charge in [-0.05, 0) is 55.2 Å². The van der Waals surface area contributed by atoms with E-state index in [0.29, 0.717) is 11.5 Å². The Labute approximate surface area is 99.2 Å². The fourth-order valence-electron chi connectivity index (χ4n) is 3.27. The van der Waals surface area contributed by atoms with E-state index in [1.54, 1.807) is 0 Å². The van der Waals surface area contributed by atoms with Crippen molar-refractivity contribution in [2.45, 2.75) is 25.3 Å². The van der Waals surface area contributed by atoms with Crippen LogP contribution in [0, 0.1) is 29.4 Å². The van der Waals surface area contributed by atoms with Gasteiger partial charge in [0.25, 0.3) is 0 Å².